The molecule has 1 aliphatic heterocycles. The van der Waals surface area contributed by atoms with Crippen LogP contribution in [0.15, 0.2) is 66.2 Å². The van der Waals surface area contributed by atoms with Gasteiger partial charge in [0.25, 0.3) is 11.7 Å². The van der Waals surface area contributed by atoms with Crippen molar-refractivity contribution in [2.24, 2.45) is 0 Å². The number of ether oxygens (including phenoxy) is 2. The number of Topliss-reactive ketones (excluding diaryl/α,β-unsaturated/α-hetero) is 1. The molecule has 1 saturated heterocycles. The fraction of sp³-hybridized carbons (Fsp3) is 0.214. The van der Waals surface area contributed by atoms with Gasteiger partial charge in [0.05, 0.1) is 24.8 Å². The topological polar surface area (TPSA) is 96.3 Å². The zero-order valence-electron chi connectivity index (χ0n) is 20.3. The van der Waals surface area contributed by atoms with E-state index in [4.69, 9.17) is 21.1 Å². The highest BCUT2D eigenvalue weighted by molar-refractivity contribution is 6.51. The quantitative estimate of drug-likeness (QED) is 0.249. The smallest absolute Gasteiger partial charge is 0.300 e. The normalized spacial score (nSPS) is 17.1. The minimum atomic E-state index is -1.00. The van der Waals surface area contributed by atoms with Gasteiger partial charge in [-0.2, -0.15) is 0 Å². The number of carbonyl (C=O) groups is 2. The first kappa shape index (κ1) is 25.1. The molecule has 3 aromatic carbocycles. The Balaban J connectivity index is 1.91. The molecule has 186 valence electrons. The maximum atomic E-state index is 13.3. The predicted molar refractivity (Wildman–Crippen MR) is 138 cm³/mol. The average molecular weight is 508 g/mol. The Morgan fingerprint density at radius 3 is 2.25 bits per heavy atom. The number of methoxy groups -OCH3 is 1. The first-order chi connectivity index (χ1) is 17.1. The Hall–Kier alpha value is -3.97. The molecule has 0 bridgehead atoms. The molecule has 36 heavy (non-hydrogen) atoms. The van der Waals surface area contributed by atoms with Crippen LogP contribution in [0.1, 0.15) is 36.6 Å². The van der Waals surface area contributed by atoms with Crippen molar-refractivity contribution in [2.75, 3.05) is 12.0 Å². The van der Waals surface area contributed by atoms with E-state index in [9.17, 15) is 19.8 Å². The van der Waals surface area contributed by atoms with E-state index in [1.54, 1.807) is 48.5 Å². The monoisotopic (exact) mass is 507 g/mol. The van der Waals surface area contributed by atoms with Crippen molar-refractivity contribution < 1.29 is 29.3 Å². The van der Waals surface area contributed by atoms with Crippen molar-refractivity contribution in [2.45, 2.75) is 32.9 Å². The van der Waals surface area contributed by atoms with Crippen LogP contribution in [-0.2, 0) is 9.59 Å². The van der Waals surface area contributed by atoms with Crippen LogP contribution in [0.3, 0.4) is 0 Å². The number of aryl methyl sites for hydroxylation is 1. The van der Waals surface area contributed by atoms with Crippen molar-refractivity contribution in [1.29, 1.82) is 0 Å². The lowest BCUT2D eigenvalue weighted by Gasteiger charge is -2.26. The van der Waals surface area contributed by atoms with Gasteiger partial charge in [0, 0.05) is 16.3 Å². The molecular formula is C28H26ClNO6. The minimum Gasteiger partial charge on any atom is -0.507 e. The largest absolute Gasteiger partial charge is 0.507 e. The van der Waals surface area contributed by atoms with Crippen molar-refractivity contribution in [3.8, 4) is 17.2 Å². The Morgan fingerprint density at radius 2 is 1.67 bits per heavy atom. The van der Waals surface area contributed by atoms with Gasteiger partial charge in [0.2, 0.25) is 0 Å². The summed E-state index contributed by atoms with van der Waals surface area (Å²) in [7, 11) is 1.42. The molecule has 7 nitrogen and oxygen atoms in total. The van der Waals surface area contributed by atoms with Crippen LogP contribution >= 0.6 is 11.6 Å². The number of benzene rings is 3. The fourth-order valence-electron chi connectivity index (χ4n) is 4.23. The van der Waals surface area contributed by atoms with Gasteiger partial charge in [-0.1, -0.05) is 17.7 Å². The van der Waals surface area contributed by atoms with Gasteiger partial charge < -0.3 is 19.7 Å². The second-order valence-corrected chi connectivity index (χ2v) is 9.16. The van der Waals surface area contributed by atoms with Crippen molar-refractivity contribution in [1.82, 2.24) is 0 Å². The van der Waals surface area contributed by atoms with Crippen molar-refractivity contribution >= 4 is 34.7 Å². The maximum Gasteiger partial charge on any atom is 0.300 e. The average Bonchev–Trinajstić information content (AvgIpc) is 3.10. The van der Waals surface area contributed by atoms with Crippen LogP contribution < -0.4 is 14.4 Å². The number of halogens is 1. The molecule has 1 heterocycles. The van der Waals surface area contributed by atoms with Crippen LogP contribution in [0.25, 0.3) is 5.76 Å². The van der Waals surface area contributed by atoms with Crippen LogP contribution in [0.4, 0.5) is 5.69 Å². The SMILES string of the molecule is COc1ccc(C2/C(=C(/O)c3ccc(OC(C)C)c(C)c3)C(=O)C(=O)N2c2ccc(Cl)cc2)cc1O. The van der Waals surface area contributed by atoms with Crippen LogP contribution in [0, 0.1) is 6.92 Å². The van der Waals surface area contributed by atoms with E-state index in [0.717, 1.165) is 5.56 Å². The molecule has 1 amide bonds. The molecular weight excluding hydrogens is 482 g/mol. The number of hydrogen-bond donors (Lipinski definition) is 2. The van der Waals surface area contributed by atoms with E-state index < -0.39 is 17.7 Å². The summed E-state index contributed by atoms with van der Waals surface area (Å²) in [5.41, 5.74) is 1.86. The van der Waals surface area contributed by atoms with Gasteiger partial charge in [0.1, 0.15) is 11.5 Å². The summed E-state index contributed by atoms with van der Waals surface area (Å²) in [6, 6.07) is 15.1. The highest BCUT2D eigenvalue weighted by Crippen LogP contribution is 2.44. The number of nitrogens with zero attached hydrogens (tertiary/aromatic N) is 1. The molecule has 1 unspecified atom stereocenters. The number of aromatic hydroxyl groups is 1. The van der Waals surface area contributed by atoms with Gasteiger partial charge in [0.15, 0.2) is 11.5 Å². The molecule has 0 spiro atoms. The zero-order valence-corrected chi connectivity index (χ0v) is 21.0. The fourth-order valence-corrected chi connectivity index (χ4v) is 4.36. The molecule has 0 aromatic heterocycles. The van der Waals surface area contributed by atoms with Gasteiger partial charge in [-0.25, -0.2) is 0 Å². The molecule has 3 aromatic rings. The standard InChI is InChI=1S/C28H26ClNO6/c1-15(2)36-22-11-6-18(13-16(22)3)26(32)24-25(17-5-12-23(35-4)21(31)14-17)30(28(34)27(24)33)20-9-7-19(29)8-10-20/h5-15,25,31-32H,1-4H3/b26-24-. The zero-order chi connectivity index (χ0) is 26.1. The molecule has 2 N–H and O–H groups in total. The molecule has 0 radical (unpaired) electrons. The number of phenolic OH excluding ortho intramolecular Hbond substituents is 1. The first-order valence-corrected chi connectivity index (χ1v) is 11.7. The summed E-state index contributed by atoms with van der Waals surface area (Å²) in [6.45, 7) is 5.66. The Kier molecular flexibility index (Phi) is 6.95. The number of amides is 1. The summed E-state index contributed by atoms with van der Waals surface area (Å²) in [6.07, 6.45) is -0.0319. The van der Waals surface area contributed by atoms with E-state index in [0.29, 0.717) is 27.6 Å². The second-order valence-electron chi connectivity index (χ2n) is 8.72. The number of aliphatic hydroxyl groups excluding tert-OH is 1. The highest BCUT2D eigenvalue weighted by atomic mass is 35.5. The van der Waals surface area contributed by atoms with E-state index in [1.807, 2.05) is 20.8 Å². The third-order valence-electron chi connectivity index (χ3n) is 5.88. The summed E-state index contributed by atoms with van der Waals surface area (Å²) < 4.78 is 10.9. The number of hydrogen-bond acceptors (Lipinski definition) is 6. The van der Waals surface area contributed by atoms with Crippen LogP contribution in [0.5, 0.6) is 17.2 Å². The van der Waals surface area contributed by atoms with Gasteiger partial charge >= 0.3 is 0 Å². The summed E-state index contributed by atoms with van der Waals surface area (Å²) >= 11 is 6.03. The molecule has 0 saturated carbocycles. The number of carbonyl (C=O) groups excluding carboxylic acids is 2. The molecule has 1 atom stereocenters. The van der Waals surface area contributed by atoms with E-state index in [-0.39, 0.29) is 28.9 Å². The molecule has 4 rings (SSSR count). The molecule has 8 heteroatoms. The summed E-state index contributed by atoms with van der Waals surface area (Å²) in [4.78, 5) is 27.9. The lowest BCUT2D eigenvalue weighted by molar-refractivity contribution is -0.132. The van der Waals surface area contributed by atoms with Gasteiger partial charge in [-0.05, 0) is 86.5 Å². The lowest BCUT2D eigenvalue weighted by Crippen LogP contribution is -2.29. The number of aliphatic hydroxyl groups is 1. The minimum absolute atomic E-state index is 0.0319. The third kappa shape index (κ3) is 4.62. The van der Waals surface area contributed by atoms with Gasteiger partial charge in [-0.15, -0.1) is 0 Å². The van der Waals surface area contributed by atoms with E-state index in [2.05, 4.69) is 0 Å². The second kappa shape index (κ2) is 9.95. The Labute approximate surface area is 214 Å². The number of ketones is 1. The summed E-state index contributed by atoms with van der Waals surface area (Å²) in [5.74, 6) is -1.26. The number of rotatable bonds is 6. The van der Waals surface area contributed by atoms with Crippen LogP contribution in [0.2, 0.25) is 5.02 Å². The number of anilines is 1. The van der Waals surface area contributed by atoms with Crippen LogP contribution in [-0.4, -0.2) is 35.1 Å². The molecule has 1 aliphatic rings. The predicted octanol–water partition coefficient (Wildman–Crippen LogP) is 5.78. The number of phenols is 1. The Bertz CT molecular complexity index is 1360. The maximum absolute atomic E-state index is 13.3. The molecule has 0 aliphatic carbocycles. The Morgan fingerprint density at radius 1 is 1.00 bits per heavy atom. The lowest BCUT2D eigenvalue weighted by atomic mass is 9.94. The van der Waals surface area contributed by atoms with E-state index >= 15 is 0 Å². The van der Waals surface area contributed by atoms with Crippen molar-refractivity contribution in [3.63, 3.8) is 0 Å². The first-order valence-electron chi connectivity index (χ1n) is 11.3. The summed E-state index contributed by atoms with van der Waals surface area (Å²) in [5, 5.41) is 22.2. The molecule has 1 fully saturated rings. The third-order valence-corrected chi connectivity index (χ3v) is 6.13. The van der Waals surface area contributed by atoms with Gasteiger partial charge in [-0.3, -0.25) is 14.5 Å². The highest BCUT2D eigenvalue weighted by Gasteiger charge is 2.47. The van der Waals surface area contributed by atoms with E-state index in [1.165, 1.54) is 24.1 Å². The van der Waals surface area contributed by atoms with Crippen molar-refractivity contribution in [3.05, 3.63) is 87.9 Å².